The van der Waals surface area contributed by atoms with Gasteiger partial charge in [-0.05, 0) is 18.6 Å². The molecule has 1 heterocycles. The summed E-state index contributed by atoms with van der Waals surface area (Å²) in [4.78, 5) is 36.7. The van der Waals surface area contributed by atoms with E-state index in [-0.39, 0.29) is 23.7 Å². The summed E-state index contributed by atoms with van der Waals surface area (Å²) in [5, 5.41) is 19.7. The summed E-state index contributed by atoms with van der Waals surface area (Å²) in [5.41, 5.74) is -0.0333. The van der Waals surface area contributed by atoms with E-state index in [0.717, 1.165) is 0 Å². The molecule has 0 bridgehead atoms. The maximum Gasteiger partial charge on any atom is 0.326 e. The SMILES string of the molecule is O=C(O)CCC(NC(=O)c1cccc(Cl)n1)C(=O)O. The summed E-state index contributed by atoms with van der Waals surface area (Å²) in [6, 6.07) is 3.05. The van der Waals surface area contributed by atoms with E-state index in [0.29, 0.717) is 0 Å². The molecule has 0 aromatic carbocycles. The minimum Gasteiger partial charge on any atom is -0.481 e. The van der Waals surface area contributed by atoms with Crippen molar-refractivity contribution in [3.63, 3.8) is 0 Å². The standard InChI is InChI=1S/C11H11ClN2O5/c12-8-3-1-2-6(13-8)10(17)14-7(11(18)19)4-5-9(15)16/h1-3,7H,4-5H2,(H,14,17)(H,15,16)(H,18,19). The third-order valence-corrected chi connectivity index (χ3v) is 2.41. The fraction of sp³-hybridized carbons (Fsp3) is 0.273. The van der Waals surface area contributed by atoms with Gasteiger partial charge in [0.05, 0.1) is 0 Å². The third kappa shape index (κ3) is 4.92. The molecule has 0 aliphatic carbocycles. The van der Waals surface area contributed by atoms with Gasteiger partial charge in [0, 0.05) is 6.42 Å². The number of carbonyl (C=O) groups excluding carboxylic acids is 1. The molecule has 0 radical (unpaired) electrons. The van der Waals surface area contributed by atoms with E-state index in [1.54, 1.807) is 0 Å². The van der Waals surface area contributed by atoms with Gasteiger partial charge in [-0.15, -0.1) is 0 Å². The Hall–Kier alpha value is -2.15. The van der Waals surface area contributed by atoms with E-state index < -0.39 is 23.9 Å². The zero-order valence-electron chi connectivity index (χ0n) is 9.67. The maximum absolute atomic E-state index is 11.7. The molecule has 1 aromatic heterocycles. The van der Waals surface area contributed by atoms with Crippen molar-refractivity contribution >= 4 is 29.4 Å². The van der Waals surface area contributed by atoms with Crippen molar-refractivity contribution in [2.75, 3.05) is 0 Å². The second kappa shape index (κ2) is 6.69. The molecule has 0 fully saturated rings. The normalized spacial score (nSPS) is 11.6. The fourth-order valence-corrected chi connectivity index (χ4v) is 1.46. The molecule has 7 nitrogen and oxygen atoms in total. The van der Waals surface area contributed by atoms with Crippen molar-refractivity contribution in [3.8, 4) is 0 Å². The molecule has 0 spiro atoms. The predicted octanol–water partition coefficient (Wildman–Crippen LogP) is 0.783. The molecule has 0 saturated heterocycles. The second-order valence-corrected chi connectivity index (χ2v) is 4.03. The summed E-state index contributed by atoms with van der Waals surface area (Å²) < 4.78 is 0. The van der Waals surface area contributed by atoms with E-state index >= 15 is 0 Å². The van der Waals surface area contributed by atoms with E-state index in [2.05, 4.69) is 10.3 Å². The van der Waals surface area contributed by atoms with Crippen LogP contribution in [0, 0.1) is 0 Å². The van der Waals surface area contributed by atoms with E-state index in [9.17, 15) is 14.4 Å². The molecule has 0 aliphatic heterocycles. The lowest BCUT2D eigenvalue weighted by Crippen LogP contribution is -2.41. The fourth-order valence-electron chi connectivity index (χ4n) is 1.29. The Labute approximate surface area is 113 Å². The van der Waals surface area contributed by atoms with Crippen LogP contribution in [0.4, 0.5) is 0 Å². The number of pyridine rings is 1. The molecule has 0 aliphatic rings. The monoisotopic (exact) mass is 286 g/mol. The van der Waals surface area contributed by atoms with Crippen LogP contribution < -0.4 is 5.32 Å². The zero-order chi connectivity index (χ0) is 14.4. The Balaban J connectivity index is 2.71. The highest BCUT2D eigenvalue weighted by Gasteiger charge is 2.22. The summed E-state index contributed by atoms with van der Waals surface area (Å²) >= 11 is 5.61. The number of nitrogens with zero attached hydrogens (tertiary/aromatic N) is 1. The van der Waals surface area contributed by atoms with Crippen molar-refractivity contribution in [2.24, 2.45) is 0 Å². The van der Waals surface area contributed by atoms with Gasteiger partial charge in [-0.25, -0.2) is 9.78 Å². The molecule has 0 saturated carbocycles. The number of hydrogen-bond donors (Lipinski definition) is 3. The second-order valence-electron chi connectivity index (χ2n) is 3.64. The average Bonchev–Trinajstić information content (AvgIpc) is 2.33. The molecule has 3 N–H and O–H groups in total. The Kier molecular flexibility index (Phi) is 5.25. The lowest BCUT2D eigenvalue weighted by Gasteiger charge is -2.13. The molecule has 1 atom stereocenters. The number of carboxylic acid groups (broad SMARTS) is 2. The Morgan fingerprint density at radius 3 is 2.53 bits per heavy atom. The van der Waals surface area contributed by atoms with Gasteiger partial charge in [-0.1, -0.05) is 17.7 Å². The summed E-state index contributed by atoms with van der Waals surface area (Å²) in [7, 11) is 0. The van der Waals surface area contributed by atoms with Crippen LogP contribution in [0.3, 0.4) is 0 Å². The third-order valence-electron chi connectivity index (χ3n) is 2.20. The van der Waals surface area contributed by atoms with Crippen LogP contribution in [0.1, 0.15) is 23.3 Å². The minimum atomic E-state index is -1.31. The lowest BCUT2D eigenvalue weighted by atomic mass is 10.1. The minimum absolute atomic E-state index is 0.0333. The molecule has 19 heavy (non-hydrogen) atoms. The quantitative estimate of drug-likeness (QED) is 0.665. The zero-order valence-corrected chi connectivity index (χ0v) is 10.4. The number of carbonyl (C=O) groups is 3. The van der Waals surface area contributed by atoms with Gasteiger partial charge >= 0.3 is 11.9 Å². The summed E-state index contributed by atoms with van der Waals surface area (Å²) in [5.74, 6) is -3.17. The highest BCUT2D eigenvalue weighted by atomic mass is 35.5. The molecule has 1 aromatic rings. The van der Waals surface area contributed by atoms with Crippen molar-refractivity contribution in [1.82, 2.24) is 10.3 Å². The van der Waals surface area contributed by atoms with Gasteiger partial charge in [0.2, 0.25) is 0 Å². The van der Waals surface area contributed by atoms with Crippen LogP contribution in [-0.2, 0) is 9.59 Å². The first-order valence-electron chi connectivity index (χ1n) is 5.28. The Morgan fingerprint density at radius 2 is 2.00 bits per heavy atom. The van der Waals surface area contributed by atoms with Crippen molar-refractivity contribution in [1.29, 1.82) is 0 Å². The van der Waals surface area contributed by atoms with Gasteiger partial charge in [0.1, 0.15) is 16.9 Å². The average molecular weight is 287 g/mol. The summed E-state index contributed by atoms with van der Waals surface area (Å²) in [6.07, 6.45) is -0.572. The van der Waals surface area contributed by atoms with Crippen LogP contribution >= 0.6 is 11.6 Å². The van der Waals surface area contributed by atoms with Crippen LogP contribution in [-0.4, -0.2) is 39.1 Å². The van der Waals surface area contributed by atoms with Crippen LogP contribution in [0.15, 0.2) is 18.2 Å². The van der Waals surface area contributed by atoms with Crippen molar-refractivity contribution < 1.29 is 24.6 Å². The number of aliphatic carboxylic acids is 2. The van der Waals surface area contributed by atoms with Crippen molar-refractivity contribution in [2.45, 2.75) is 18.9 Å². The first kappa shape index (κ1) is 14.9. The smallest absolute Gasteiger partial charge is 0.326 e. The van der Waals surface area contributed by atoms with E-state index in [4.69, 9.17) is 21.8 Å². The number of nitrogens with one attached hydrogen (secondary N) is 1. The largest absolute Gasteiger partial charge is 0.481 e. The first-order chi connectivity index (χ1) is 8.90. The number of hydrogen-bond acceptors (Lipinski definition) is 4. The predicted molar refractivity (Wildman–Crippen MR) is 65.0 cm³/mol. The van der Waals surface area contributed by atoms with Crippen LogP contribution in [0.2, 0.25) is 5.15 Å². The van der Waals surface area contributed by atoms with Gasteiger partial charge in [0.25, 0.3) is 5.91 Å². The van der Waals surface area contributed by atoms with Gasteiger partial charge in [-0.2, -0.15) is 0 Å². The van der Waals surface area contributed by atoms with Gasteiger partial charge < -0.3 is 15.5 Å². The molecule has 8 heteroatoms. The highest BCUT2D eigenvalue weighted by molar-refractivity contribution is 6.29. The van der Waals surface area contributed by atoms with Crippen LogP contribution in [0.5, 0.6) is 0 Å². The molecular weight excluding hydrogens is 276 g/mol. The molecule has 1 rings (SSSR count). The topological polar surface area (TPSA) is 117 Å². The highest BCUT2D eigenvalue weighted by Crippen LogP contribution is 2.06. The maximum atomic E-state index is 11.7. The number of rotatable bonds is 6. The van der Waals surface area contributed by atoms with Crippen LogP contribution in [0.25, 0.3) is 0 Å². The van der Waals surface area contributed by atoms with Crippen molar-refractivity contribution in [3.05, 3.63) is 29.0 Å². The number of carboxylic acids is 2. The number of halogens is 1. The molecule has 1 unspecified atom stereocenters. The Morgan fingerprint density at radius 1 is 1.32 bits per heavy atom. The van der Waals surface area contributed by atoms with Gasteiger partial charge in [0.15, 0.2) is 0 Å². The number of amides is 1. The summed E-state index contributed by atoms with van der Waals surface area (Å²) in [6.45, 7) is 0. The van der Waals surface area contributed by atoms with E-state index in [1.165, 1.54) is 18.2 Å². The molecule has 102 valence electrons. The number of aromatic nitrogens is 1. The van der Waals surface area contributed by atoms with E-state index in [1.807, 2.05) is 0 Å². The molecule has 1 amide bonds. The first-order valence-corrected chi connectivity index (χ1v) is 5.66. The molecular formula is C11H11ClN2O5. The van der Waals surface area contributed by atoms with Gasteiger partial charge in [-0.3, -0.25) is 9.59 Å². The Bertz CT molecular complexity index is 506. The lowest BCUT2D eigenvalue weighted by molar-refractivity contribution is -0.140.